The number of rotatable bonds is 3. The molecule has 17 heavy (non-hydrogen) atoms. The van der Waals surface area contributed by atoms with Gasteiger partial charge in [0, 0.05) is 26.1 Å². The van der Waals surface area contributed by atoms with E-state index in [1.165, 1.54) is 25.9 Å². The predicted molar refractivity (Wildman–Crippen MR) is 68.9 cm³/mol. The Morgan fingerprint density at radius 1 is 1.35 bits per heavy atom. The highest BCUT2D eigenvalue weighted by Crippen LogP contribution is 2.13. The molecule has 2 N–H and O–H groups in total. The van der Waals surface area contributed by atoms with Crippen LogP contribution < -0.4 is 10.6 Å². The third-order valence-electron chi connectivity index (χ3n) is 4.03. The highest BCUT2D eigenvalue weighted by atomic mass is 16.2. The second kappa shape index (κ2) is 6.36. The Morgan fingerprint density at radius 3 is 2.71 bits per heavy atom. The van der Waals surface area contributed by atoms with Gasteiger partial charge in [-0.25, -0.2) is 0 Å². The van der Waals surface area contributed by atoms with Gasteiger partial charge >= 0.3 is 0 Å². The lowest BCUT2D eigenvalue weighted by Crippen LogP contribution is -2.46. The van der Waals surface area contributed by atoms with Gasteiger partial charge in [0.1, 0.15) is 0 Å². The normalized spacial score (nSPS) is 27.1. The van der Waals surface area contributed by atoms with Crippen molar-refractivity contribution in [2.75, 3.05) is 32.7 Å². The summed E-state index contributed by atoms with van der Waals surface area (Å²) in [6.07, 6.45) is 4.89. The maximum absolute atomic E-state index is 11.2. The van der Waals surface area contributed by atoms with Gasteiger partial charge in [0.2, 0.25) is 5.91 Å². The Kier molecular flexibility index (Phi) is 4.80. The summed E-state index contributed by atoms with van der Waals surface area (Å²) in [5.41, 5.74) is 0. The number of amides is 1. The van der Waals surface area contributed by atoms with Crippen LogP contribution in [0.3, 0.4) is 0 Å². The van der Waals surface area contributed by atoms with Crippen molar-refractivity contribution in [3.8, 4) is 0 Å². The molecule has 2 aliphatic heterocycles. The van der Waals surface area contributed by atoms with Crippen molar-refractivity contribution in [3.05, 3.63) is 0 Å². The Hall–Kier alpha value is -0.610. The molecule has 1 unspecified atom stereocenters. The van der Waals surface area contributed by atoms with E-state index in [0.29, 0.717) is 6.04 Å². The molecule has 0 radical (unpaired) electrons. The molecule has 4 nitrogen and oxygen atoms in total. The van der Waals surface area contributed by atoms with E-state index in [1.54, 1.807) is 6.92 Å². The number of hydrogen-bond acceptors (Lipinski definition) is 3. The van der Waals surface area contributed by atoms with Gasteiger partial charge in [-0.2, -0.15) is 0 Å². The molecule has 1 amide bonds. The molecule has 0 saturated carbocycles. The molecule has 0 aromatic rings. The lowest BCUT2D eigenvalue weighted by atomic mass is 9.98. The van der Waals surface area contributed by atoms with E-state index in [2.05, 4.69) is 10.6 Å². The molecular formula is C13H25N3O. The monoisotopic (exact) mass is 239 g/mol. The lowest BCUT2D eigenvalue weighted by Gasteiger charge is -2.33. The standard InChI is InChI=1S/C13H25N3O/c1-11(17)16-7-4-13(5-8-16)15-10-12-3-2-6-14-9-12/h12-15H,2-10H2,1H3. The van der Waals surface area contributed by atoms with Gasteiger partial charge < -0.3 is 15.5 Å². The second-order valence-corrected chi connectivity index (χ2v) is 5.40. The van der Waals surface area contributed by atoms with Gasteiger partial charge in [-0.3, -0.25) is 4.79 Å². The van der Waals surface area contributed by atoms with E-state index < -0.39 is 0 Å². The molecule has 2 aliphatic rings. The van der Waals surface area contributed by atoms with Crippen molar-refractivity contribution in [1.29, 1.82) is 0 Å². The van der Waals surface area contributed by atoms with Gasteiger partial charge in [0.05, 0.1) is 0 Å². The van der Waals surface area contributed by atoms with Crippen molar-refractivity contribution >= 4 is 5.91 Å². The van der Waals surface area contributed by atoms with Crippen molar-refractivity contribution < 1.29 is 4.79 Å². The number of nitrogens with zero attached hydrogens (tertiary/aromatic N) is 1. The summed E-state index contributed by atoms with van der Waals surface area (Å²) < 4.78 is 0. The number of likely N-dealkylation sites (tertiary alicyclic amines) is 1. The molecule has 4 heteroatoms. The first kappa shape index (κ1) is 12.8. The average Bonchev–Trinajstić information content (AvgIpc) is 2.38. The first-order valence-corrected chi connectivity index (χ1v) is 6.95. The first-order chi connectivity index (χ1) is 8.25. The van der Waals surface area contributed by atoms with Gasteiger partial charge in [-0.1, -0.05) is 0 Å². The topological polar surface area (TPSA) is 44.4 Å². The molecule has 1 atom stereocenters. The largest absolute Gasteiger partial charge is 0.343 e. The van der Waals surface area contributed by atoms with E-state index in [4.69, 9.17) is 0 Å². The van der Waals surface area contributed by atoms with Gasteiger partial charge in [0.25, 0.3) is 0 Å². The molecule has 98 valence electrons. The molecule has 2 rings (SSSR count). The quantitative estimate of drug-likeness (QED) is 0.757. The summed E-state index contributed by atoms with van der Waals surface area (Å²) in [6.45, 7) is 7.01. The summed E-state index contributed by atoms with van der Waals surface area (Å²) in [5.74, 6) is 1.02. The lowest BCUT2D eigenvalue weighted by molar-refractivity contribution is -0.129. The zero-order chi connectivity index (χ0) is 12.1. The Morgan fingerprint density at radius 2 is 2.12 bits per heavy atom. The molecular weight excluding hydrogens is 214 g/mol. The summed E-state index contributed by atoms with van der Waals surface area (Å²) in [6, 6.07) is 0.618. The minimum absolute atomic E-state index is 0.222. The van der Waals surface area contributed by atoms with Crippen LogP contribution in [0.25, 0.3) is 0 Å². The van der Waals surface area contributed by atoms with Crippen molar-refractivity contribution in [1.82, 2.24) is 15.5 Å². The van der Waals surface area contributed by atoms with Crippen LogP contribution in [-0.4, -0.2) is 49.6 Å². The summed E-state index contributed by atoms with van der Waals surface area (Å²) in [5, 5.41) is 7.12. The fraction of sp³-hybridized carbons (Fsp3) is 0.923. The summed E-state index contributed by atoms with van der Waals surface area (Å²) in [7, 11) is 0. The number of carbonyl (C=O) groups excluding carboxylic acids is 1. The molecule has 0 spiro atoms. The first-order valence-electron chi connectivity index (χ1n) is 6.95. The molecule has 2 heterocycles. The third-order valence-corrected chi connectivity index (χ3v) is 4.03. The van der Waals surface area contributed by atoms with Crippen LogP contribution in [-0.2, 0) is 4.79 Å². The van der Waals surface area contributed by atoms with Crippen LogP contribution in [0.4, 0.5) is 0 Å². The second-order valence-electron chi connectivity index (χ2n) is 5.40. The SMILES string of the molecule is CC(=O)N1CCC(NCC2CCCNC2)CC1. The van der Waals surface area contributed by atoms with Crippen LogP contribution in [0.2, 0.25) is 0 Å². The van der Waals surface area contributed by atoms with Crippen LogP contribution in [0.15, 0.2) is 0 Å². The number of hydrogen-bond donors (Lipinski definition) is 2. The summed E-state index contributed by atoms with van der Waals surface area (Å²) in [4.78, 5) is 13.2. The van der Waals surface area contributed by atoms with E-state index in [9.17, 15) is 4.79 Å². The van der Waals surface area contributed by atoms with Gasteiger partial charge in [-0.15, -0.1) is 0 Å². The van der Waals surface area contributed by atoms with E-state index in [0.717, 1.165) is 38.4 Å². The molecule has 0 aromatic carbocycles. The number of piperidine rings is 2. The minimum atomic E-state index is 0.222. The van der Waals surface area contributed by atoms with Crippen molar-refractivity contribution in [3.63, 3.8) is 0 Å². The third kappa shape index (κ3) is 3.96. The number of nitrogens with one attached hydrogen (secondary N) is 2. The molecule has 0 aliphatic carbocycles. The average molecular weight is 239 g/mol. The molecule has 0 aromatic heterocycles. The van der Waals surface area contributed by atoms with Crippen molar-refractivity contribution in [2.24, 2.45) is 5.92 Å². The van der Waals surface area contributed by atoms with Gasteiger partial charge in [0.15, 0.2) is 0 Å². The number of carbonyl (C=O) groups is 1. The van der Waals surface area contributed by atoms with Gasteiger partial charge in [-0.05, 0) is 51.2 Å². The Bertz CT molecular complexity index is 243. The highest BCUT2D eigenvalue weighted by Gasteiger charge is 2.21. The maximum Gasteiger partial charge on any atom is 0.219 e. The fourth-order valence-electron chi connectivity index (χ4n) is 2.83. The fourth-order valence-corrected chi connectivity index (χ4v) is 2.83. The minimum Gasteiger partial charge on any atom is -0.343 e. The van der Waals surface area contributed by atoms with E-state index in [-0.39, 0.29) is 5.91 Å². The predicted octanol–water partition coefficient (Wildman–Crippen LogP) is 0.587. The molecule has 2 fully saturated rings. The van der Waals surface area contributed by atoms with Crippen molar-refractivity contribution in [2.45, 2.75) is 38.6 Å². The Balaban J connectivity index is 1.62. The molecule has 0 bridgehead atoms. The van der Waals surface area contributed by atoms with Crippen LogP contribution >= 0.6 is 0 Å². The smallest absolute Gasteiger partial charge is 0.219 e. The zero-order valence-corrected chi connectivity index (χ0v) is 10.9. The maximum atomic E-state index is 11.2. The zero-order valence-electron chi connectivity index (χ0n) is 10.9. The van der Waals surface area contributed by atoms with Crippen LogP contribution in [0.5, 0.6) is 0 Å². The van der Waals surface area contributed by atoms with Crippen LogP contribution in [0.1, 0.15) is 32.6 Å². The summed E-state index contributed by atoms with van der Waals surface area (Å²) >= 11 is 0. The molecule has 2 saturated heterocycles. The van der Waals surface area contributed by atoms with Crippen LogP contribution in [0, 0.1) is 5.92 Å². The Labute approximate surface area is 104 Å². The van der Waals surface area contributed by atoms with E-state index in [1.807, 2.05) is 4.90 Å². The van der Waals surface area contributed by atoms with E-state index >= 15 is 0 Å². The highest BCUT2D eigenvalue weighted by molar-refractivity contribution is 5.73.